The van der Waals surface area contributed by atoms with E-state index < -0.39 is 5.91 Å². The summed E-state index contributed by atoms with van der Waals surface area (Å²) in [7, 11) is 1.50. The second-order valence-corrected chi connectivity index (χ2v) is 3.68. The van der Waals surface area contributed by atoms with E-state index in [0.29, 0.717) is 17.0 Å². The Kier molecular flexibility index (Phi) is 4.32. The van der Waals surface area contributed by atoms with Crippen molar-refractivity contribution in [1.29, 1.82) is 0 Å². The van der Waals surface area contributed by atoms with Crippen molar-refractivity contribution < 1.29 is 14.6 Å². The Morgan fingerprint density at radius 1 is 1.55 bits per heavy atom. The zero-order chi connectivity index (χ0) is 14.4. The molecule has 0 spiro atoms. The van der Waals surface area contributed by atoms with E-state index >= 15 is 0 Å². The van der Waals surface area contributed by atoms with Gasteiger partial charge >= 0.3 is 0 Å². The van der Waals surface area contributed by atoms with Gasteiger partial charge in [0.25, 0.3) is 5.91 Å². The molecule has 1 aromatic carbocycles. The fourth-order valence-electron chi connectivity index (χ4n) is 1.52. The number of ether oxygens (including phenoxy) is 1. The zero-order valence-corrected chi connectivity index (χ0v) is 10.7. The summed E-state index contributed by atoms with van der Waals surface area (Å²) in [6, 6.07) is 5.06. The van der Waals surface area contributed by atoms with Crippen molar-refractivity contribution in [2.45, 2.75) is 0 Å². The van der Waals surface area contributed by atoms with Crippen molar-refractivity contribution in [3.63, 3.8) is 0 Å². The number of nitrogens with one attached hydrogen (secondary N) is 2. The molecular formula is C13H12N4O3. The molecule has 7 nitrogen and oxygen atoms in total. The third kappa shape index (κ3) is 3.13. The molecule has 1 heterocycles. The fourth-order valence-corrected chi connectivity index (χ4v) is 1.52. The lowest BCUT2D eigenvalue weighted by Crippen LogP contribution is -2.13. The fraction of sp³-hybridized carbons (Fsp3) is 0.154. The van der Waals surface area contributed by atoms with Gasteiger partial charge in [0.15, 0.2) is 5.69 Å². The number of methoxy groups -OCH3 is 1. The summed E-state index contributed by atoms with van der Waals surface area (Å²) in [5.41, 5.74) is 1.28. The van der Waals surface area contributed by atoms with E-state index in [1.807, 2.05) is 0 Å². The number of aliphatic hydroxyl groups is 1. The van der Waals surface area contributed by atoms with Gasteiger partial charge in [-0.1, -0.05) is 11.8 Å². The van der Waals surface area contributed by atoms with Gasteiger partial charge in [0, 0.05) is 5.56 Å². The first kappa shape index (κ1) is 13.6. The molecule has 0 bridgehead atoms. The molecule has 0 aliphatic carbocycles. The molecule has 1 amide bonds. The van der Waals surface area contributed by atoms with Gasteiger partial charge in [-0.3, -0.25) is 4.79 Å². The average molecular weight is 272 g/mol. The topological polar surface area (TPSA) is 100 Å². The SMILES string of the molecule is COc1ccc(C#CCO)cc1NC(=O)c1cn[nH]n1. The minimum Gasteiger partial charge on any atom is -0.495 e. The largest absolute Gasteiger partial charge is 0.495 e. The standard InChI is InChI=1S/C13H12N4O3/c1-20-12-5-4-9(3-2-6-18)7-10(12)15-13(19)11-8-14-17-16-11/h4-5,7-8,18H,6H2,1H3,(H,15,19)(H,14,16,17). The minimum atomic E-state index is -0.413. The molecule has 0 aliphatic heterocycles. The number of carbonyl (C=O) groups is 1. The highest BCUT2D eigenvalue weighted by atomic mass is 16.5. The van der Waals surface area contributed by atoms with Crippen LogP contribution in [0.5, 0.6) is 5.75 Å². The van der Waals surface area contributed by atoms with Crippen LogP contribution in [0.25, 0.3) is 0 Å². The van der Waals surface area contributed by atoms with E-state index in [1.54, 1.807) is 18.2 Å². The second kappa shape index (κ2) is 6.36. The Bertz CT molecular complexity index is 656. The minimum absolute atomic E-state index is 0.166. The molecule has 0 saturated heterocycles. The maximum absolute atomic E-state index is 11.9. The van der Waals surface area contributed by atoms with Crippen molar-refractivity contribution in [1.82, 2.24) is 15.4 Å². The van der Waals surface area contributed by atoms with Gasteiger partial charge in [-0.2, -0.15) is 15.4 Å². The van der Waals surface area contributed by atoms with Gasteiger partial charge in [0.1, 0.15) is 12.4 Å². The lowest BCUT2D eigenvalue weighted by molar-refractivity contribution is 0.102. The first-order valence-electron chi connectivity index (χ1n) is 5.69. The van der Waals surface area contributed by atoms with Crippen LogP contribution < -0.4 is 10.1 Å². The number of anilines is 1. The monoisotopic (exact) mass is 272 g/mol. The summed E-state index contributed by atoms with van der Waals surface area (Å²) < 4.78 is 5.17. The van der Waals surface area contributed by atoms with Crippen LogP contribution in [0, 0.1) is 11.8 Å². The molecule has 0 atom stereocenters. The number of aromatic nitrogens is 3. The molecule has 20 heavy (non-hydrogen) atoms. The van der Waals surface area contributed by atoms with Gasteiger partial charge in [0.05, 0.1) is 19.0 Å². The first-order valence-corrected chi connectivity index (χ1v) is 5.69. The Balaban J connectivity index is 2.26. The van der Waals surface area contributed by atoms with E-state index in [4.69, 9.17) is 9.84 Å². The van der Waals surface area contributed by atoms with E-state index in [-0.39, 0.29) is 12.3 Å². The predicted molar refractivity (Wildman–Crippen MR) is 71.3 cm³/mol. The van der Waals surface area contributed by atoms with Crippen LogP contribution in [0.2, 0.25) is 0 Å². The number of hydrogen-bond acceptors (Lipinski definition) is 5. The Morgan fingerprint density at radius 3 is 3.05 bits per heavy atom. The molecule has 7 heteroatoms. The van der Waals surface area contributed by atoms with Crippen molar-refractivity contribution in [3.8, 4) is 17.6 Å². The molecular weight excluding hydrogens is 260 g/mol. The highest BCUT2D eigenvalue weighted by Gasteiger charge is 2.12. The summed E-state index contributed by atoms with van der Waals surface area (Å²) >= 11 is 0. The van der Waals surface area contributed by atoms with Gasteiger partial charge in [-0.05, 0) is 18.2 Å². The quantitative estimate of drug-likeness (QED) is 0.703. The highest BCUT2D eigenvalue weighted by molar-refractivity contribution is 6.03. The molecule has 0 saturated carbocycles. The number of amides is 1. The van der Waals surface area contributed by atoms with Crippen LogP contribution >= 0.6 is 0 Å². The number of carbonyl (C=O) groups excluding carboxylic acids is 1. The van der Waals surface area contributed by atoms with Crippen LogP contribution in [0.3, 0.4) is 0 Å². The summed E-state index contributed by atoms with van der Waals surface area (Å²) in [5.74, 6) is 5.37. The molecule has 3 N–H and O–H groups in total. The molecule has 0 radical (unpaired) electrons. The third-order valence-corrected chi connectivity index (χ3v) is 2.41. The maximum Gasteiger partial charge on any atom is 0.277 e. The first-order chi connectivity index (χ1) is 9.74. The molecule has 102 valence electrons. The van der Waals surface area contributed by atoms with Crippen LogP contribution in [-0.2, 0) is 0 Å². The summed E-state index contributed by atoms with van der Waals surface area (Å²) in [4.78, 5) is 11.9. The number of aliphatic hydroxyl groups excluding tert-OH is 1. The zero-order valence-electron chi connectivity index (χ0n) is 10.7. The molecule has 2 rings (SSSR count). The lowest BCUT2D eigenvalue weighted by atomic mass is 10.2. The van der Waals surface area contributed by atoms with Crippen LogP contribution in [-0.4, -0.2) is 40.1 Å². The second-order valence-electron chi connectivity index (χ2n) is 3.68. The molecule has 2 aromatic rings. The van der Waals surface area contributed by atoms with E-state index in [1.165, 1.54) is 13.3 Å². The number of aromatic amines is 1. The molecule has 0 unspecified atom stereocenters. The van der Waals surface area contributed by atoms with E-state index in [0.717, 1.165) is 0 Å². The number of nitrogens with zero attached hydrogens (tertiary/aromatic N) is 2. The van der Waals surface area contributed by atoms with Crippen molar-refractivity contribution in [3.05, 3.63) is 35.7 Å². The summed E-state index contributed by atoms with van der Waals surface area (Å²) in [6.45, 7) is -0.230. The molecule has 0 aliphatic rings. The van der Waals surface area contributed by atoms with Gasteiger partial charge < -0.3 is 15.2 Å². The molecule has 1 aromatic heterocycles. The molecule has 0 fully saturated rings. The third-order valence-electron chi connectivity index (χ3n) is 2.41. The van der Waals surface area contributed by atoms with Gasteiger partial charge in [-0.15, -0.1) is 0 Å². The number of hydrogen-bond donors (Lipinski definition) is 3. The van der Waals surface area contributed by atoms with Gasteiger partial charge in [-0.25, -0.2) is 0 Å². The van der Waals surface area contributed by atoms with Crippen LogP contribution in [0.4, 0.5) is 5.69 Å². The average Bonchev–Trinajstić information content (AvgIpc) is 2.99. The van der Waals surface area contributed by atoms with Crippen LogP contribution in [0.1, 0.15) is 16.1 Å². The highest BCUT2D eigenvalue weighted by Crippen LogP contribution is 2.25. The lowest BCUT2D eigenvalue weighted by Gasteiger charge is -2.09. The van der Waals surface area contributed by atoms with Crippen molar-refractivity contribution in [2.24, 2.45) is 0 Å². The van der Waals surface area contributed by atoms with Gasteiger partial charge in [0.2, 0.25) is 0 Å². The smallest absolute Gasteiger partial charge is 0.277 e. The predicted octanol–water partition coefficient (Wildman–Crippen LogP) is 0.409. The Labute approximate surface area is 115 Å². The Hall–Kier alpha value is -2.85. The maximum atomic E-state index is 11.9. The van der Waals surface area contributed by atoms with Crippen LogP contribution in [0.15, 0.2) is 24.4 Å². The normalized spacial score (nSPS) is 9.50. The number of benzene rings is 1. The van der Waals surface area contributed by atoms with Crippen molar-refractivity contribution in [2.75, 3.05) is 19.0 Å². The van der Waals surface area contributed by atoms with Crippen molar-refractivity contribution >= 4 is 11.6 Å². The summed E-state index contributed by atoms with van der Waals surface area (Å²) in [6.07, 6.45) is 1.32. The van der Waals surface area contributed by atoms with E-state index in [9.17, 15) is 4.79 Å². The number of H-pyrrole nitrogens is 1. The Morgan fingerprint density at radius 2 is 2.40 bits per heavy atom. The number of rotatable bonds is 3. The van der Waals surface area contributed by atoms with E-state index in [2.05, 4.69) is 32.6 Å². The summed E-state index contributed by atoms with van der Waals surface area (Å²) in [5, 5.41) is 21.0.